The first kappa shape index (κ1) is 26.1. The van der Waals surface area contributed by atoms with Gasteiger partial charge in [0.1, 0.15) is 11.9 Å². The van der Waals surface area contributed by atoms with Gasteiger partial charge in [-0.15, -0.1) is 0 Å². The number of carbonyl (C=O) groups excluding carboxylic acids is 3. The molecular formula is C27H29NO6S. The van der Waals surface area contributed by atoms with Crippen molar-refractivity contribution in [2.45, 2.75) is 33.3 Å². The van der Waals surface area contributed by atoms with Gasteiger partial charge >= 0.3 is 12.1 Å². The lowest BCUT2D eigenvalue weighted by atomic mass is 9.78. The van der Waals surface area contributed by atoms with Crippen LogP contribution in [0.5, 0.6) is 5.75 Å². The highest BCUT2D eigenvalue weighted by molar-refractivity contribution is 7.81. The van der Waals surface area contributed by atoms with E-state index in [-0.39, 0.29) is 23.9 Å². The Bertz CT molecular complexity index is 1220. The van der Waals surface area contributed by atoms with Crippen LogP contribution >= 0.6 is 12.6 Å². The molecule has 3 rings (SSSR count). The van der Waals surface area contributed by atoms with Crippen LogP contribution in [0.4, 0.5) is 10.5 Å². The van der Waals surface area contributed by atoms with E-state index in [1.54, 1.807) is 42.5 Å². The number of rotatable bonds is 9. The Hall–Kier alpha value is -3.52. The average Bonchev–Trinajstić information content (AvgIpc) is 2.83. The van der Waals surface area contributed by atoms with Crippen LogP contribution in [0.1, 0.15) is 49.2 Å². The number of carbonyl (C=O) groups is 3. The van der Waals surface area contributed by atoms with Crippen LogP contribution in [0.15, 0.2) is 60.7 Å². The van der Waals surface area contributed by atoms with Gasteiger partial charge in [-0.05, 0) is 49.1 Å². The van der Waals surface area contributed by atoms with Crippen molar-refractivity contribution >= 4 is 46.9 Å². The number of fused-ring (bicyclic) bond motifs is 1. The minimum Gasteiger partial charge on any atom is -0.507 e. The Morgan fingerprint density at radius 2 is 1.66 bits per heavy atom. The van der Waals surface area contributed by atoms with Gasteiger partial charge in [-0.1, -0.05) is 44.2 Å². The van der Waals surface area contributed by atoms with Gasteiger partial charge in [0.05, 0.1) is 12.4 Å². The minimum atomic E-state index is -0.737. The third kappa shape index (κ3) is 6.54. The Kier molecular flexibility index (Phi) is 8.40. The third-order valence-corrected chi connectivity index (χ3v) is 6.09. The van der Waals surface area contributed by atoms with E-state index in [0.29, 0.717) is 28.6 Å². The summed E-state index contributed by atoms with van der Waals surface area (Å²) in [6, 6.07) is 17.1. The number of thiol groups is 1. The Morgan fingerprint density at radius 1 is 1.00 bits per heavy atom. The molecule has 0 unspecified atom stereocenters. The molecule has 3 aromatic carbocycles. The third-order valence-electron chi connectivity index (χ3n) is 5.83. The molecule has 0 fully saturated rings. The van der Waals surface area contributed by atoms with Crippen molar-refractivity contribution in [2.24, 2.45) is 5.41 Å². The number of nitrogens with one attached hydrogen (secondary N) is 1. The molecule has 0 aromatic heterocycles. The molecule has 0 aliphatic heterocycles. The van der Waals surface area contributed by atoms with Gasteiger partial charge in [0.15, 0.2) is 5.78 Å². The second kappa shape index (κ2) is 11.3. The molecular weight excluding hydrogens is 466 g/mol. The van der Waals surface area contributed by atoms with Gasteiger partial charge in [-0.2, -0.15) is 12.6 Å². The van der Waals surface area contributed by atoms with Crippen molar-refractivity contribution in [1.29, 1.82) is 0 Å². The number of amides is 1. The van der Waals surface area contributed by atoms with Crippen LogP contribution < -0.4 is 5.32 Å². The molecule has 35 heavy (non-hydrogen) atoms. The molecule has 1 atom stereocenters. The maximum atomic E-state index is 12.9. The topological polar surface area (TPSA) is 102 Å². The number of hydrogen-bond donors (Lipinski definition) is 3. The molecule has 0 radical (unpaired) electrons. The van der Waals surface area contributed by atoms with E-state index < -0.39 is 23.6 Å². The van der Waals surface area contributed by atoms with Crippen molar-refractivity contribution in [3.05, 3.63) is 71.8 Å². The van der Waals surface area contributed by atoms with E-state index in [0.717, 1.165) is 5.39 Å². The van der Waals surface area contributed by atoms with Crippen LogP contribution in [-0.4, -0.2) is 35.3 Å². The Morgan fingerprint density at radius 3 is 2.29 bits per heavy atom. The molecule has 8 heteroatoms. The SMILES string of the molecule is CC(=O)c1ccc(NC(=O)O[C@H](c2ccc(O)c3ccccc23)C(C)(C)CCOC(=O)CS)cc1. The lowest BCUT2D eigenvalue weighted by molar-refractivity contribution is -0.141. The predicted molar refractivity (Wildman–Crippen MR) is 138 cm³/mol. The highest BCUT2D eigenvalue weighted by Crippen LogP contribution is 2.43. The molecule has 0 bridgehead atoms. The number of anilines is 1. The average molecular weight is 496 g/mol. The summed E-state index contributed by atoms with van der Waals surface area (Å²) in [5.41, 5.74) is 1.09. The predicted octanol–water partition coefficient (Wildman–Crippen LogP) is 5.93. The number of phenolic OH excluding ortho intramolecular Hbond substituents is 1. The van der Waals surface area contributed by atoms with Crippen molar-refractivity contribution in [3.8, 4) is 5.75 Å². The van der Waals surface area contributed by atoms with Crippen LogP contribution in [0.3, 0.4) is 0 Å². The zero-order valence-electron chi connectivity index (χ0n) is 19.9. The summed E-state index contributed by atoms with van der Waals surface area (Å²) < 4.78 is 11.2. The van der Waals surface area contributed by atoms with Gasteiger partial charge in [-0.3, -0.25) is 14.9 Å². The number of Topliss-reactive ketones (excluding diaryl/α,β-unsaturated/α-hetero) is 1. The fraction of sp³-hybridized carbons (Fsp3) is 0.296. The normalized spacial score (nSPS) is 12.1. The smallest absolute Gasteiger partial charge is 0.412 e. The van der Waals surface area contributed by atoms with E-state index in [1.165, 1.54) is 6.92 Å². The van der Waals surface area contributed by atoms with E-state index in [9.17, 15) is 19.5 Å². The first-order chi connectivity index (χ1) is 16.6. The Balaban J connectivity index is 1.91. The number of esters is 1. The summed E-state index contributed by atoms with van der Waals surface area (Å²) >= 11 is 3.92. The molecule has 0 saturated heterocycles. The van der Waals surface area contributed by atoms with Crippen molar-refractivity contribution in [2.75, 3.05) is 17.7 Å². The lowest BCUT2D eigenvalue weighted by Gasteiger charge is -2.34. The number of aromatic hydroxyl groups is 1. The minimum absolute atomic E-state index is 0.0201. The molecule has 3 aromatic rings. The summed E-state index contributed by atoms with van der Waals surface area (Å²) in [4.78, 5) is 36.0. The largest absolute Gasteiger partial charge is 0.507 e. The number of hydrogen-bond acceptors (Lipinski definition) is 7. The number of benzene rings is 3. The van der Waals surface area contributed by atoms with E-state index in [4.69, 9.17) is 9.47 Å². The van der Waals surface area contributed by atoms with Crippen LogP contribution in [0.2, 0.25) is 0 Å². The van der Waals surface area contributed by atoms with Gasteiger partial charge in [-0.25, -0.2) is 4.79 Å². The standard InChI is InChI=1S/C27H29NO6S/c1-17(29)18-8-10-19(11-9-18)28-26(32)34-25(27(2,3)14-15-33-24(31)16-35)22-12-13-23(30)21-7-5-4-6-20(21)22/h4-13,25,30,35H,14-16H2,1-3H3,(H,28,32)/t25-/m1/s1. The maximum Gasteiger partial charge on any atom is 0.412 e. The van der Waals surface area contributed by atoms with Crippen LogP contribution in [-0.2, 0) is 14.3 Å². The highest BCUT2D eigenvalue weighted by Gasteiger charge is 2.36. The number of ether oxygens (including phenoxy) is 2. The summed E-state index contributed by atoms with van der Waals surface area (Å²) in [5.74, 6) is -0.394. The van der Waals surface area contributed by atoms with E-state index >= 15 is 0 Å². The second-order valence-corrected chi connectivity index (χ2v) is 9.20. The first-order valence-electron chi connectivity index (χ1n) is 11.2. The molecule has 0 heterocycles. The van der Waals surface area contributed by atoms with Crippen LogP contribution in [0.25, 0.3) is 10.8 Å². The zero-order chi connectivity index (χ0) is 25.6. The second-order valence-electron chi connectivity index (χ2n) is 8.88. The first-order valence-corrected chi connectivity index (χ1v) is 11.8. The van der Waals surface area contributed by atoms with Gasteiger partial charge in [0.25, 0.3) is 0 Å². The van der Waals surface area contributed by atoms with E-state index in [2.05, 4.69) is 17.9 Å². The number of phenols is 1. The molecule has 1 amide bonds. The molecule has 0 aliphatic carbocycles. The maximum absolute atomic E-state index is 12.9. The van der Waals surface area contributed by atoms with Gasteiger partial charge < -0.3 is 14.6 Å². The lowest BCUT2D eigenvalue weighted by Crippen LogP contribution is -2.30. The fourth-order valence-corrected chi connectivity index (χ4v) is 3.92. The highest BCUT2D eigenvalue weighted by atomic mass is 32.1. The molecule has 184 valence electrons. The van der Waals surface area contributed by atoms with E-state index in [1.807, 2.05) is 32.0 Å². The van der Waals surface area contributed by atoms with Gasteiger partial charge in [0, 0.05) is 27.6 Å². The monoisotopic (exact) mass is 495 g/mol. The quantitative estimate of drug-likeness (QED) is 0.193. The van der Waals surface area contributed by atoms with Crippen LogP contribution in [0, 0.1) is 5.41 Å². The molecule has 7 nitrogen and oxygen atoms in total. The molecule has 0 spiro atoms. The summed E-state index contributed by atoms with van der Waals surface area (Å²) in [5, 5.41) is 14.4. The summed E-state index contributed by atoms with van der Waals surface area (Å²) in [6.07, 6.45) is -1.00. The molecule has 0 saturated carbocycles. The molecule has 0 aliphatic rings. The van der Waals surface area contributed by atoms with Gasteiger partial charge in [0.2, 0.25) is 0 Å². The van der Waals surface area contributed by atoms with Crippen molar-refractivity contribution in [1.82, 2.24) is 0 Å². The molecule has 2 N–H and O–H groups in total. The summed E-state index contributed by atoms with van der Waals surface area (Å²) in [7, 11) is 0. The fourth-order valence-electron chi connectivity index (χ4n) is 3.83. The summed E-state index contributed by atoms with van der Waals surface area (Å²) in [6.45, 7) is 5.45. The zero-order valence-corrected chi connectivity index (χ0v) is 20.8. The van der Waals surface area contributed by atoms with Crippen molar-refractivity contribution in [3.63, 3.8) is 0 Å². The van der Waals surface area contributed by atoms with Crippen molar-refractivity contribution < 1.29 is 29.0 Å². The number of ketones is 1. The Labute approximate surface area is 209 Å².